The summed E-state index contributed by atoms with van der Waals surface area (Å²) < 4.78 is 4.90. The van der Waals surface area contributed by atoms with Gasteiger partial charge in [0.2, 0.25) is 0 Å². The normalized spacial score (nSPS) is 20.3. The van der Waals surface area contributed by atoms with Crippen LogP contribution in [0.25, 0.3) is 0 Å². The first-order valence-electron chi connectivity index (χ1n) is 7.58. The third-order valence-electron chi connectivity index (χ3n) is 4.58. The highest BCUT2D eigenvalue weighted by molar-refractivity contribution is 5.80. The molecule has 1 atom stereocenters. The van der Waals surface area contributed by atoms with Crippen molar-refractivity contribution in [1.29, 1.82) is 0 Å². The summed E-state index contributed by atoms with van der Waals surface area (Å²) in [5.41, 5.74) is -0.573. The van der Waals surface area contributed by atoms with Crippen molar-refractivity contribution in [1.82, 2.24) is 10.2 Å². The van der Waals surface area contributed by atoms with Gasteiger partial charge < -0.3 is 15.0 Å². The van der Waals surface area contributed by atoms with Gasteiger partial charge in [-0.25, -0.2) is 0 Å². The number of esters is 1. The van der Waals surface area contributed by atoms with Gasteiger partial charge in [-0.15, -0.1) is 0 Å². The molecule has 0 amide bonds. The summed E-state index contributed by atoms with van der Waals surface area (Å²) in [7, 11) is 3.28. The Morgan fingerprint density at radius 2 is 2.00 bits per heavy atom. The number of hydrogen-bond donors (Lipinski definition) is 1. The Kier molecular flexibility index (Phi) is 6.80. The number of carbonyl (C=O) groups is 1. The van der Waals surface area contributed by atoms with Crippen LogP contribution < -0.4 is 5.32 Å². The summed E-state index contributed by atoms with van der Waals surface area (Å²) in [6.07, 6.45) is 7.48. The lowest BCUT2D eigenvalue weighted by molar-refractivity contribution is -0.148. The molecule has 1 rings (SSSR count). The molecule has 0 aliphatic heterocycles. The Morgan fingerprint density at radius 1 is 1.37 bits per heavy atom. The summed E-state index contributed by atoms with van der Waals surface area (Å²) in [5.74, 6) is -0.172. The molecule has 0 aromatic rings. The van der Waals surface area contributed by atoms with E-state index in [2.05, 4.69) is 17.1 Å². The second-order valence-corrected chi connectivity index (χ2v) is 5.74. The van der Waals surface area contributed by atoms with Crippen LogP contribution in [0.5, 0.6) is 0 Å². The van der Waals surface area contributed by atoms with Crippen molar-refractivity contribution in [3.8, 4) is 0 Å². The zero-order valence-corrected chi connectivity index (χ0v) is 13.0. The maximum absolute atomic E-state index is 11.8. The highest BCUT2D eigenvalue weighted by Gasteiger charge is 2.33. The number of ether oxygens (including phenoxy) is 1. The Labute approximate surface area is 117 Å². The second-order valence-electron chi connectivity index (χ2n) is 5.74. The number of methoxy groups -OCH3 is 1. The molecule has 0 spiro atoms. The fourth-order valence-electron chi connectivity index (χ4n) is 2.97. The number of likely N-dealkylation sites (N-methyl/N-ethyl adjacent to an activating group) is 1. The molecule has 0 radical (unpaired) electrons. The molecule has 1 unspecified atom stereocenters. The monoisotopic (exact) mass is 270 g/mol. The number of nitrogens with one attached hydrogen (secondary N) is 1. The van der Waals surface area contributed by atoms with Crippen molar-refractivity contribution in [2.75, 3.05) is 27.2 Å². The molecule has 112 valence electrons. The molecule has 1 saturated carbocycles. The summed E-state index contributed by atoms with van der Waals surface area (Å²) in [6.45, 7) is 6.15. The molecule has 4 nitrogen and oxygen atoms in total. The smallest absolute Gasteiger partial charge is 0.325 e. The van der Waals surface area contributed by atoms with Gasteiger partial charge in [0.25, 0.3) is 0 Å². The summed E-state index contributed by atoms with van der Waals surface area (Å²) in [6, 6.07) is 0.706. The third-order valence-corrected chi connectivity index (χ3v) is 4.58. The van der Waals surface area contributed by atoms with Crippen LogP contribution in [-0.2, 0) is 9.53 Å². The van der Waals surface area contributed by atoms with Crippen molar-refractivity contribution in [3.63, 3.8) is 0 Å². The number of carbonyl (C=O) groups excluding carboxylic acids is 1. The van der Waals surface area contributed by atoms with E-state index < -0.39 is 5.54 Å². The molecule has 0 aromatic carbocycles. The van der Waals surface area contributed by atoms with Crippen LogP contribution >= 0.6 is 0 Å². The lowest BCUT2D eigenvalue weighted by atomic mass is 9.92. The molecule has 0 saturated heterocycles. The van der Waals surface area contributed by atoms with Crippen LogP contribution in [0, 0.1) is 0 Å². The predicted octanol–water partition coefficient (Wildman–Crippen LogP) is 2.18. The first-order valence-corrected chi connectivity index (χ1v) is 7.58. The maximum atomic E-state index is 11.8. The van der Waals surface area contributed by atoms with Gasteiger partial charge in [0, 0.05) is 12.6 Å². The van der Waals surface area contributed by atoms with Crippen molar-refractivity contribution in [2.45, 2.75) is 64.0 Å². The molecule has 0 heterocycles. The number of hydrogen-bond acceptors (Lipinski definition) is 4. The average molecular weight is 270 g/mol. The Balaban J connectivity index is 2.53. The molecule has 1 fully saturated rings. The molecule has 1 aliphatic rings. The lowest BCUT2D eigenvalue weighted by Crippen LogP contribution is -2.51. The van der Waals surface area contributed by atoms with Gasteiger partial charge >= 0.3 is 5.97 Å². The molecule has 0 aromatic heterocycles. The van der Waals surface area contributed by atoms with E-state index in [1.807, 2.05) is 14.0 Å². The van der Waals surface area contributed by atoms with Crippen molar-refractivity contribution in [3.05, 3.63) is 0 Å². The SMILES string of the molecule is CCN(CCC(C)(NC)C(=O)OC)C1CCCCC1. The van der Waals surface area contributed by atoms with E-state index in [9.17, 15) is 4.79 Å². The highest BCUT2D eigenvalue weighted by Crippen LogP contribution is 2.23. The summed E-state index contributed by atoms with van der Waals surface area (Å²) in [4.78, 5) is 14.4. The number of rotatable bonds is 7. The molecule has 19 heavy (non-hydrogen) atoms. The highest BCUT2D eigenvalue weighted by atomic mass is 16.5. The molecule has 1 aliphatic carbocycles. The van der Waals surface area contributed by atoms with Crippen LogP contribution in [-0.4, -0.2) is 49.7 Å². The molecular formula is C15H30N2O2. The second kappa shape index (κ2) is 7.85. The van der Waals surface area contributed by atoms with Crippen LogP contribution in [0.4, 0.5) is 0 Å². The van der Waals surface area contributed by atoms with Gasteiger partial charge in [-0.05, 0) is 39.8 Å². The van der Waals surface area contributed by atoms with Crippen molar-refractivity contribution < 1.29 is 9.53 Å². The van der Waals surface area contributed by atoms with Gasteiger partial charge in [0.1, 0.15) is 5.54 Å². The van der Waals surface area contributed by atoms with E-state index in [0.29, 0.717) is 6.04 Å². The van der Waals surface area contributed by atoms with Crippen molar-refractivity contribution >= 4 is 5.97 Å². The Bertz CT molecular complexity index is 277. The minimum Gasteiger partial charge on any atom is -0.468 e. The third kappa shape index (κ3) is 4.46. The van der Waals surface area contributed by atoms with Gasteiger partial charge in [0.05, 0.1) is 7.11 Å². The predicted molar refractivity (Wildman–Crippen MR) is 78.2 cm³/mol. The van der Waals surface area contributed by atoms with Gasteiger partial charge in [-0.3, -0.25) is 4.79 Å². The van der Waals surface area contributed by atoms with Crippen LogP contribution in [0.15, 0.2) is 0 Å². The largest absolute Gasteiger partial charge is 0.468 e. The maximum Gasteiger partial charge on any atom is 0.325 e. The topological polar surface area (TPSA) is 41.6 Å². The van der Waals surface area contributed by atoms with Gasteiger partial charge in [-0.2, -0.15) is 0 Å². The van der Waals surface area contributed by atoms with Crippen LogP contribution in [0.1, 0.15) is 52.4 Å². The summed E-state index contributed by atoms with van der Waals surface area (Å²) >= 11 is 0. The minimum absolute atomic E-state index is 0.172. The molecule has 0 bridgehead atoms. The van der Waals surface area contributed by atoms with Crippen LogP contribution in [0.3, 0.4) is 0 Å². The number of nitrogens with zero attached hydrogens (tertiary/aromatic N) is 1. The first kappa shape index (κ1) is 16.4. The van der Waals surface area contributed by atoms with Gasteiger partial charge in [-0.1, -0.05) is 26.2 Å². The first-order chi connectivity index (χ1) is 9.07. The van der Waals surface area contributed by atoms with E-state index >= 15 is 0 Å². The Morgan fingerprint density at radius 3 is 2.47 bits per heavy atom. The van der Waals surface area contributed by atoms with E-state index in [1.54, 1.807) is 0 Å². The fraction of sp³-hybridized carbons (Fsp3) is 0.933. The summed E-state index contributed by atoms with van der Waals surface area (Å²) in [5, 5.41) is 3.11. The fourth-order valence-corrected chi connectivity index (χ4v) is 2.97. The quantitative estimate of drug-likeness (QED) is 0.720. The molecule has 4 heteroatoms. The standard InChI is InChI=1S/C15H30N2O2/c1-5-17(13-9-7-6-8-10-13)12-11-15(2,16-3)14(18)19-4/h13,16H,5-12H2,1-4H3. The lowest BCUT2D eigenvalue weighted by Gasteiger charge is -2.36. The van der Waals surface area contributed by atoms with E-state index in [0.717, 1.165) is 19.5 Å². The zero-order chi connectivity index (χ0) is 14.3. The van der Waals surface area contributed by atoms with E-state index in [-0.39, 0.29) is 5.97 Å². The van der Waals surface area contributed by atoms with E-state index in [4.69, 9.17) is 4.74 Å². The minimum atomic E-state index is -0.573. The Hall–Kier alpha value is -0.610. The average Bonchev–Trinajstić information content (AvgIpc) is 2.47. The van der Waals surface area contributed by atoms with E-state index in [1.165, 1.54) is 39.2 Å². The van der Waals surface area contributed by atoms with Crippen molar-refractivity contribution in [2.24, 2.45) is 0 Å². The molecule has 1 N–H and O–H groups in total. The molecular weight excluding hydrogens is 240 g/mol. The zero-order valence-electron chi connectivity index (χ0n) is 13.0. The van der Waals surface area contributed by atoms with Gasteiger partial charge in [0.15, 0.2) is 0 Å². The van der Waals surface area contributed by atoms with Crippen LogP contribution in [0.2, 0.25) is 0 Å².